The third kappa shape index (κ3) is 1.55. The molecule has 0 unspecified atom stereocenters. The maximum Gasteiger partial charge on any atom is 0.159 e. The van der Waals surface area contributed by atoms with Gasteiger partial charge in [0.2, 0.25) is 0 Å². The third-order valence-electron chi connectivity index (χ3n) is 1.83. The van der Waals surface area contributed by atoms with Crippen LogP contribution in [0.4, 0.5) is 5.69 Å². The first-order valence-electron chi connectivity index (χ1n) is 3.84. The van der Waals surface area contributed by atoms with Crippen LogP contribution in [0.25, 0.3) is 0 Å². The normalized spacial score (nSPS) is 8.79. The van der Waals surface area contributed by atoms with Gasteiger partial charge in [-0.15, -0.1) is 0 Å². The SMILES string of the molecule is CC(=O)c1cc(C#N)c(N)c(C#N)c1. The zero-order valence-electron chi connectivity index (χ0n) is 7.53. The summed E-state index contributed by atoms with van der Waals surface area (Å²) in [5.74, 6) is -0.196. The predicted octanol–water partition coefficient (Wildman–Crippen LogP) is 1.21. The van der Waals surface area contributed by atoms with Gasteiger partial charge in [0.15, 0.2) is 5.78 Å². The van der Waals surface area contributed by atoms with Gasteiger partial charge in [0, 0.05) is 5.56 Å². The van der Waals surface area contributed by atoms with Crippen LogP contribution in [0, 0.1) is 22.7 Å². The number of nitrogens with two attached hydrogens (primary N) is 1. The van der Waals surface area contributed by atoms with E-state index in [2.05, 4.69) is 0 Å². The van der Waals surface area contributed by atoms with Crippen LogP contribution in [-0.2, 0) is 0 Å². The topological polar surface area (TPSA) is 90.7 Å². The van der Waals surface area contributed by atoms with Crippen molar-refractivity contribution < 1.29 is 4.79 Å². The summed E-state index contributed by atoms with van der Waals surface area (Å²) >= 11 is 0. The van der Waals surface area contributed by atoms with E-state index in [1.54, 1.807) is 0 Å². The largest absolute Gasteiger partial charge is 0.397 e. The Kier molecular flexibility index (Phi) is 2.50. The summed E-state index contributed by atoms with van der Waals surface area (Å²) in [5.41, 5.74) is 6.29. The molecule has 4 heteroatoms. The van der Waals surface area contributed by atoms with E-state index in [1.165, 1.54) is 19.1 Å². The summed E-state index contributed by atoms with van der Waals surface area (Å²) < 4.78 is 0. The minimum atomic E-state index is -0.196. The lowest BCUT2D eigenvalue weighted by molar-refractivity contribution is 0.101. The fraction of sp³-hybridized carbons (Fsp3) is 0.100. The number of benzene rings is 1. The van der Waals surface area contributed by atoms with Crippen molar-refractivity contribution in [2.45, 2.75) is 6.92 Å². The average Bonchev–Trinajstić information content (AvgIpc) is 2.17. The number of hydrogen-bond acceptors (Lipinski definition) is 4. The van der Waals surface area contributed by atoms with Gasteiger partial charge in [0.25, 0.3) is 0 Å². The van der Waals surface area contributed by atoms with Crippen molar-refractivity contribution in [2.24, 2.45) is 0 Å². The molecular weight excluding hydrogens is 178 g/mol. The maximum absolute atomic E-state index is 11.0. The van der Waals surface area contributed by atoms with Gasteiger partial charge in [0.05, 0.1) is 16.8 Å². The van der Waals surface area contributed by atoms with Gasteiger partial charge >= 0.3 is 0 Å². The van der Waals surface area contributed by atoms with Crippen LogP contribution in [0.1, 0.15) is 28.4 Å². The highest BCUT2D eigenvalue weighted by molar-refractivity contribution is 5.95. The molecule has 0 amide bonds. The lowest BCUT2D eigenvalue weighted by Gasteiger charge is -2.02. The monoisotopic (exact) mass is 185 g/mol. The van der Waals surface area contributed by atoms with E-state index in [0.29, 0.717) is 5.56 Å². The van der Waals surface area contributed by atoms with Crippen molar-refractivity contribution in [3.63, 3.8) is 0 Å². The predicted molar refractivity (Wildman–Crippen MR) is 50.3 cm³/mol. The van der Waals surface area contributed by atoms with Crippen molar-refractivity contribution >= 4 is 11.5 Å². The molecule has 14 heavy (non-hydrogen) atoms. The number of anilines is 1. The maximum atomic E-state index is 11.0. The number of nitriles is 2. The Balaban J connectivity index is 3.51. The standard InChI is InChI=1S/C10H7N3O/c1-6(14)7-2-8(4-11)10(13)9(3-7)5-12/h2-3H,13H2,1H3. The molecule has 1 aromatic rings. The zero-order chi connectivity index (χ0) is 10.7. The van der Waals surface area contributed by atoms with Crippen LogP contribution in [0.2, 0.25) is 0 Å². The minimum Gasteiger partial charge on any atom is -0.397 e. The Morgan fingerprint density at radius 3 is 2.00 bits per heavy atom. The lowest BCUT2D eigenvalue weighted by atomic mass is 10.0. The number of nitrogens with zero attached hydrogens (tertiary/aromatic N) is 2. The summed E-state index contributed by atoms with van der Waals surface area (Å²) in [6.45, 7) is 1.37. The highest BCUT2D eigenvalue weighted by Crippen LogP contribution is 2.19. The molecule has 0 aromatic heterocycles. The Bertz CT molecular complexity index is 442. The molecule has 0 fully saturated rings. The molecule has 0 heterocycles. The second-order valence-corrected chi connectivity index (χ2v) is 2.76. The molecule has 0 saturated heterocycles. The highest BCUT2D eigenvalue weighted by atomic mass is 16.1. The van der Waals surface area contributed by atoms with Gasteiger partial charge in [-0.2, -0.15) is 10.5 Å². The van der Waals surface area contributed by atoms with Crippen LogP contribution >= 0.6 is 0 Å². The Hall–Kier alpha value is -2.33. The summed E-state index contributed by atoms with van der Waals surface area (Å²) in [5, 5.41) is 17.4. The molecule has 0 radical (unpaired) electrons. The van der Waals surface area contributed by atoms with Gasteiger partial charge in [-0.1, -0.05) is 0 Å². The molecule has 0 aliphatic rings. The molecule has 1 rings (SSSR count). The van der Waals surface area contributed by atoms with Gasteiger partial charge in [-0.05, 0) is 19.1 Å². The summed E-state index contributed by atoms with van der Waals surface area (Å²) in [6.07, 6.45) is 0. The van der Waals surface area contributed by atoms with Gasteiger partial charge in [-0.25, -0.2) is 0 Å². The molecule has 0 aliphatic heterocycles. The smallest absolute Gasteiger partial charge is 0.159 e. The molecule has 0 spiro atoms. The molecule has 2 N–H and O–H groups in total. The Morgan fingerprint density at radius 1 is 1.29 bits per heavy atom. The number of Topliss-reactive ketones (excluding diaryl/α,β-unsaturated/α-hetero) is 1. The second kappa shape index (κ2) is 3.59. The molecule has 0 saturated carbocycles. The van der Waals surface area contributed by atoms with Gasteiger partial charge in [0.1, 0.15) is 12.1 Å². The molecule has 0 aliphatic carbocycles. The van der Waals surface area contributed by atoms with E-state index in [1.807, 2.05) is 12.1 Å². The van der Waals surface area contributed by atoms with Gasteiger partial charge in [-0.3, -0.25) is 4.79 Å². The van der Waals surface area contributed by atoms with Crippen LogP contribution in [0.5, 0.6) is 0 Å². The molecule has 4 nitrogen and oxygen atoms in total. The summed E-state index contributed by atoms with van der Waals surface area (Å²) in [4.78, 5) is 11.0. The summed E-state index contributed by atoms with van der Waals surface area (Å²) in [7, 11) is 0. The first kappa shape index (κ1) is 9.76. The molecule has 1 aromatic carbocycles. The molecular formula is C10H7N3O. The fourth-order valence-electron chi connectivity index (χ4n) is 1.04. The lowest BCUT2D eigenvalue weighted by Crippen LogP contribution is -2.00. The second-order valence-electron chi connectivity index (χ2n) is 2.76. The number of carbonyl (C=O) groups excluding carboxylic acids is 1. The minimum absolute atomic E-state index is 0.125. The average molecular weight is 185 g/mol. The van der Waals surface area contributed by atoms with E-state index in [4.69, 9.17) is 16.3 Å². The summed E-state index contributed by atoms with van der Waals surface area (Å²) in [6, 6.07) is 6.45. The molecule has 68 valence electrons. The zero-order valence-corrected chi connectivity index (χ0v) is 7.53. The van der Waals surface area contributed by atoms with Crippen LogP contribution in [0.3, 0.4) is 0 Å². The van der Waals surface area contributed by atoms with E-state index in [0.717, 1.165) is 0 Å². The highest BCUT2D eigenvalue weighted by Gasteiger charge is 2.09. The first-order valence-corrected chi connectivity index (χ1v) is 3.84. The van der Waals surface area contributed by atoms with E-state index in [-0.39, 0.29) is 22.6 Å². The Morgan fingerprint density at radius 2 is 1.71 bits per heavy atom. The van der Waals surface area contributed by atoms with Crippen molar-refractivity contribution in [1.29, 1.82) is 10.5 Å². The quantitative estimate of drug-likeness (QED) is 0.526. The Labute approximate surface area is 81.2 Å². The van der Waals surface area contributed by atoms with Crippen molar-refractivity contribution in [2.75, 3.05) is 5.73 Å². The molecule has 0 bridgehead atoms. The number of carbonyl (C=O) groups is 1. The van der Waals surface area contributed by atoms with Crippen LogP contribution < -0.4 is 5.73 Å². The third-order valence-corrected chi connectivity index (χ3v) is 1.83. The first-order chi connectivity index (χ1) is 6.60. The number of ketones is 1. The van der Waals surface area contributed by atoms with Crippen LogP contribution in [-0.4, -0.2) is 5.78 Å². The fourth-order valence-corrected chi connectivity index (χ4v) is 1.04. The number of rotatable bonds is 1. The number of hydrogen-bond donors (Lipinski definition) is 1. The molecule has 0 atom stereocenters. The van der Waals surface area contributed by atoms with Crippen molar-refractivity contribution in [1.82, 2.24) is 0 Å². The van der Waals surface area contributed by atoms with Gasteiger partial charge < -0.3 is 5.73 Å². The van der Waals surface area contributed by atoms with Crippen molar-refractivity contribution in [3.8, 4) is 12.1 Å². The van der Waals surface area contributed by atoms with E-state index >= 15 is 0 Å². The van der Waals surface area contributed by atoms with Crippen LogP contribution in [0.15, 0.2) is 12.1 Å². The van der Waals surface area contributed by atoms with E-state index in [9.17, 15) is 4.79 Å². The van der Waals surface area contributed by atoms with Crippen molar-refractivity contribution in [3.05, 3.63) is 28.8 Å². The van der Waals surface area contributed by atoms with E-state index < -0.39 is 0 Å². The number of nitrogen functional groups attached to an aromatic ring is 1.